The van der Waals surface area contributed by atoms with Gasteiger partial charge < -0.3 is 19.5 Å². The Bertz CT molecular complexity index is 1020. The standard InChI is InChI=1S/C24H25ClF5NO3/c25-20-5-2-16(14-19(20)24(28,29)30)22(32)7-10-31(11-8-22)9-1-6-23(33-12-13-34-23)18-4-3-17(26)15-21(18)27/h2-5,14-15,32H,1,6-13H2. The Morgan fingerprint density at radius 3 is 2.29 bits per heavy atom. The van der Waals surface area contributed by atoms with Crippen LogP contribution in [0.2, 0.25) is 5.02 Å². The van der Waals surface area contributed by atoms with Gasteiger partial charge in [0.15, 0.2) is 5.79 Å². The molecule has 4 rings (SSSR count). The molecule has 2 aliphatic heterocycles. The number of alkyl halides is 3. The highest BCUT2D eigenvalue weighted by molar-refractivity contribution is 6.31. The zero-order valence-corrected chi connectivity index (χ0v) is 19.1. The minimum absolute atomic E-state index is 0.155. The molecule has 0 amide bonds. The van der Waals surface area contributed by atoms with Crippen molar-refractivity contribution in [3.8, 4) is 0 Å². The van der Waals surface area contributed by atoms with E-state index in [1.807, 2.05) is 0 Å². The second-order valence-corrected chi connectivity index (χ2v) is 9.15. The summed E-state index contributed by atoms with van der Waals surface area (Å²) >= 11 is 5.70. The SMILES string of the molecule is OC1(c2ccc(Cl)c(C(F)(F)F)c2)CCN(CCCC2(c3ccc(F)cc3F)OCCO2)CC1. The molecule has 0 unspecified atom stereocenters. The van der Waals surface area contributed by atoms with E-state index in [0.29, 0.717) is 45.7 Å². The molecule has 2 heterocycles. The summed E-state index contributed by atoms with van der Waals surface area (Å²) in [5.74, 6) is -2.68. The largest absolute Gasteiger partial charge is 0.417 e. The van der Waals surface area contributed by atoms with E-state index in [4.69, 9.17) is 21.1 Å². The first-order chi connectivity index (χ1) is 16.0. The molecule has 0 spiro atoms. The zero-order chi connectivity index (χ0) is 24.6. The Balaban J connectivity index is 1.36. The van der Waals surface area contributed by atoms with E-state index >= 15 is 0 Å². The molecule has 2 aromatic carbocycles. The molecule has 2 fully saturated rings. The van der Waals surface area contributed by atoms with Gasteiger partial charge in [0.2, 0.25) is 0 Å². The number of hydrogen-bond donors (Lipinski definition) is 1. The first-order valence-electron chi connectivity index (χ1n) is 11.1. The number of likely N-dealkylation sites (tertiary alicyclic amines) is 1. The normalized spacial score (nSPS) is 20.6. The fourth-order valence-corrected chi connectivity index (χ4v) is 4.91. The third kappa shape index (κ3) is 5.23. The van der Waals surface area contributed by atoms with Crippen molar-refractivity contribution in [1.29, 1.82) is 0 Å². The average Bonchev–Trinajstić information content (AvgIpc) is 3.24. The van der Waals surface area contributed by atoms with Gasteiger partial charge in [0, 0.05) is 31.1 Å². The van der Waals surface area contributed by atoms with Crippen LogP contribution < -0.4 is 0 Å². The number of hydrogen-bond acceptors (Lipinski definition) is 4. The lowest BCUT2D eigenvalue weighted by Gasteiger charge is -2.39. The predicted molar refractivity (Wildman–Crippen MR) is 115 cm³/mol. The molecule has 1 N–H and O–H groups in total. The first kappa shape index (κ1) is 25.3. The maximum atomic E-state index is 14.4. The lowest BCUT2D eigenvalue weighted by atomic mass is 9.83. The lowest BCUT2D eigenvalue weighted by molar-refractivity contribution is -0.174. The minimum Gasteiger partial charge on any atom is -0.385 e. The monoisotopic (exact) mass is 505 g/mol. The zero-order valence-electron chi connectivity index (χ0n) is 18.3. The third-order valence-electron chi connectivity index (χ3n) is 6.57. The van der Waals surface area contributed by atoms with E-state index < -0.39 is 39.8 Å². The van der Waals surface area contributed by atoms with Crippen molar-refractivity contribution in [3.63, 3.8) is 0 Å². The van der Waals surface area contributed by atoms with Gasteiger partial charge in [-0.1, -0.05) is 17.7 Å². The molecular formula is C24H25ClF5NO3. The average molecular weight is 506 g/mol. The van der Waals surface area contributed by atoms with E-state index in [0.717, 1.165) is 18.2 Å². The number of ether oxygens (including phenoxy) is 2. The molecule has 0 bridgehead atoms. The first-order valence-corrected chi connectivity index (χ1v) is 11.5. The van der Waals surface area contributed by atoms with Crippen molar-refractivity contribution in [2.45, 2.75) is 43.2 Å². The number of aliphatic hydroxyl groups is 1. The number of nitrogens with zero attached hydrogens (tertiary/aromatic N) is 1. The summed E-state index contributed by atoms with van der Waals surface area (Å²) in [6.45, 7) is 2.14. The van der Waals surface area contributed by atoms with Gasteiger partial charge in [0.25, 0.3) is 0 Å². The van der Waals surface area contributed by atoms with Crippen LogP contribution in [-0.4, -0.2) is 42.9 Å². The van der Waals surface area contributed by atoms with Crippen LogP contribution >= 0.6 is 11.6 Å². The van der Waals surface area contributed by atoms with Crippen LogP contribution in [0, 0.1) is 11.6 Å². The molecule has 0 saturated carbocycles. The maximum absolute atomic E-state index is 14.4. The Labute approximate surface area is 199 Å². The second-order valence-electron chi connectivity index (χ2n) is 8.74. The minimum atomic E-state index is -4.60. The molecule has 4 nitrogen and oxygen atoms in total. The van der Waals surface area contributed by atoms with E-state index in [-0.39, 0.29) is 24.0 Å². The highest BCUT2D eigenvalue weighted by Gasteiger charge is 2.41. The van der Waals surface area contributed by atoms with Gasteiger partial charge in [-0.2, -0.15) is 13.2 Å². The van der Waals surface area contributed by atoms with Gasteiger partial charge in [0.1, 0.15) is 11.6 Å². The van der Waals surface area contributed by atoms with Crippen molar-refractivity contribution in [2.24, 2.45) is 0 Å². The van der Waals surface area contributed by atoms with Crippen LogP contribution in [-0.2, 0) is 27.0 Å². The lowest BCUT2D eigenvalue weighted by Crippen LogP contribution is -2.43. The second kappa shape index (κ2) is 9.70. The molecule has 10 heteroatoms. The van der Waals surface area contributed by atoms with Crippen LogP contribution in [0.1, 0.15) is 42.4 Å². The Hall–Kier alpha value is -1.78. The van der Waals surface area contributed by atoms with Gasteiger partial charge in [-0.25, -0.2) is 8.78 Å². The molecular weight excluding hydrogens is 481 g/mol. The number of piperidine rings is 1. The maximum Gasteiger partial charge on any atom is 0.417 e. The number of benzene rings is 2. The van der Waals surface area contributed by atoms with Crippen LogP contribution in [0.5, 0.6) is 0 Å². The van der Waals surface area contributed by atoms with Crippen LogP contribution in [0.15, 0.2) is 36.4 Å². The molecule has 2 aromatic rings. The van der Waals surface area contributed by atoms with Crippen LogP contribution in [0.25, 0.3) is 0 Å². The molecule has 0 radical (unpaired) electrons. The van der Waals surface area contributed by atoms with Crippen molar-refractivity contribution >= 4 is 11.6 Å². The van der Waals surface area contributed by atoms with Crippen molar-refractivity contribution in [1.82, 2.24) is 4.90 Å². The summed E-state index contributed by atoms with van der Waals surface area (Å²) in [6, 6.07) is 6.82. The topological polar surface area (TPSA) is 41.9 Å². The van der Waals surface area contributed by atoms with Crippen LogP contribution in [0.4, 0.5) is 22.0 Å². The van der Waals surface area contributed by atoms with Crippen molar-refractivity contribution < 1.29 is 36.5 Å². The Morgan fingerprint density at radius 1 is 1.00 bits per heavy atom. The summed E-state index contributed by atoms with van der Waals surface area (Å²) in [5, 5.41) is 10.6. The quantitative estimate of drug-likeness (QED) is 0.519. The fourth-order valence-electron chi connectivity index (χ4n) is 4.69. The van der Waals surface area contributed by atoms with Gasteiger partial charge in [-0.3, -0.25) is 0 Å². The van der Waals surface area contributed by atoms with Crippen molar-refractivity contribution in [3.05, 3.63) is 69.7 Å². The van der Waals surface area contributed by atoms with Crippen molar-refractivity contribution in [2.75, 3.05) is 32.8 Å². The van der Waals surface area contributed by atoms with Crippen LogP contribution in [0.3, 0.4) is 0 Å². The van der Waals surface area contributed by atoms with E-state index in [1.54, 1.807) is 0 Å². The summed E-state index contributed by atoms with van der Waals surface area (Å²) in [6.07, 6.45) is -3.15. The van der Waals surface area contributed by atoms with Gasteiger partial charge in [0.05, 0.1) is 29.4 Å². The van der Waals surface area contributed by atoms with E-state index in [1.165, 1.54) is 18.2 Å². The summed E-state index contributed by atoms with van der Waals surface area (Å²) in [5.41, 5.74) is -1.99. The van der Waals surface area contributed by atoms with E-state index in [9.17, 15) is 27.1 Å². The molecule has 0 aromatic heterocycles. The number of halogens is 6. The van der Waals surface area contributed by atoms with Gasteiger partial charge in [-0.15, -0.1) is 0 Å². The molecule has 34 heavy (non-hydrogen) atoms. The highest BCUT2D eigenvalue weighted by Crippen LogP contribution is 2.41. The van der Waals surface area contributed by atoms with E-state index in [2.05, 4.69) is 4.90 Å². The number of rotatable bonds is 6. The Morgan fingerprint density at radius 2 is 1.68 bits per heavy atom. The predicted octanol–water partition coefficient (Wildman–Crippen LogP) is 5.60. The third-order valence-corrected chi connectivity index (χ3v) is 6.90. The summed E-state index contributed by atoms with van der Waals surface area (Å²) in [7, 11) is 0. The molecule has 2 saturated heterocycles. The summed E-state index contributed by atoms with van der Waals surface area (Å²) in [4.78, 5) is 2.08. The molecule has 0 aliphatic carbocycles. The molecule has 186 valence electrons. The smallest absolute Gasteiger partial charge is 0.385 e. The van der Waals surface area contributed by atoms with Gasteiger partial charge >= 0.3 is 6.18 Å². The highest BCUT2D eigenvalue weighted by atomic mass is 35.5. The molecule has 2 aliphatic rings. The summed E-state index contributed by atoms with van der Waals surface area (Å²) < 4.78 is 78.8. The Kier molecular flexibility index (Phi) is 7.22. The van der Waals surface area contributed by atoms with Gasteiger partial charge in [-0.05, 0) is 55.6 Å². The molecule has 0 atom stereocenters. The fraction of sp³-hybridized carbons (Fsp3) is 0.500.